The molecule has 1 fully saturated rings. The van der Waals surface area contributed by atoms with Crippen molar-refractivity contribution in [3.05, 3.63) is 15.8 Å². The summed E-state index contributed by atoms with van der Waals surface area (Å²) >= 11 is 1.70. The molecule has 0 radical (unpaired) electrons. The number of carbonyl (C=O) groups excluding carboxylic acids is 1. The fourth-order valence-electron chi connectivity index (χ4n) is 2.96. The maximum atomic E-state index is 12.7. The van der Waals surface area contributed by atoms with Crippen LogP contribution in [0.4, 0.5) is 5.69 Å². The normalized spacial score (nSPS) is 21.7. The van der Waals surface area contributed by atoms with E-state index in [9.17, 15) is 4.79 Å². The lowest BCUT2D eigenvalue weighted by Gasteiger charge is -2.38. The smallest absolute Gasteiger partial charge is 0.241 e. The van der Waals surface area contributed by atoms with E-state index in [1.807, 2.05) is 0 Å². The van der Waals surface area contributed by atoms with Gasteiger partial charge in [0.25, 0.3) is 0 Å². The van der Waals surface area contributed by atoms with Crippen molar-refractivity contribution in [2.75, 3.05) is 11.9 Å². The molecule has 0 aliphatic carbocycles. The monoisotopic (exact) mass is 294 g/mol. The molecule has 2 heterocycles. The summed E-state index contributed by atoms with van der Waals surface area (Å²) in [5.74, 6) is 0.176. The van der Waals surface area contributed by atoms with Crippen LogP contribution in [0.25, 0.3) is 0 Å². The molecule has 1 aromatic heterocycles. The van der Waals surface area contributed by atoms with Gasteiger partial charge in [-0.1, -0.05) is 13.3 Å². The predicted octanol–water partition coefficient (Wildman–Crippen LogP) is 3.96. The third-order valence-electron chi connectivity index (χ3n) is 4.41. The van der Waals surface area contributed by atoms with E-state index < -0.39 is 0 Å². The summed E-state index contributed by atoms with van der Waals surface area (Å²) in [5, 5.41) is 5.28. The van der Waals surface area contributed by atoms with Gasteiger partial charge in [-0.05, 0) is 57.5 Å². The highest BCUT2D eigenvalue weighted by Crippen LogP contribution is 2.28. The maximum Gasteiger partial charge on any atom is 0.241 e. The van der Waals surface area contributed by atoms with Crippen LogP contribution < -0.4 is 5.32 Å². The minimum absolute atomic E-state index is 0.0393. The van der Waals surface area contributed by atoms with Crippen LogP contribution in [0.15, 0.2) is 5.38 Å². The van der Waals surface area contributed by atoms with E-state index in [1.54, 1.807) is 11.3 Å². The number of likely N-dealkylation sites (tertiary alicyclic amines) is 1. The third kappa shape index (κ3) is 3.23. The van der Waals surface area contributed by atoms with Crippen LogP contribution in [0.3, 0.4) is 0 Å². The number of thiophene rings is 1. The maximum absolute atomic E-state index is 12.7. The van der Waals surface area contributed by atoms with Crippen molar-refractivity contribution >= 4 is 22.9 Å². The molecule has 2 unspecified atom stereocenters. The molecule has 0 spiro atoms. The molecule has 1 saturated heterocycles. The molecule has 1 aliphatic rings. The van der Waals surface area contributed by atoms with Crippen LogP contribution in [-0.2, 0) is 4.79 Å². The second-order valence-corrected chi connectivity index (χ2v) is 6.93. The van der Waals surface area contributed by atoms with Crippen molar-refractivity contribution in [1.82, 2.24) is 4.90 Å². The summed E-state index contributed by atoms with van der Waals surface area (Å²) in [6.07, 6.45) is 4.45. The van der Waals surface area contributed by atoms with Crippen molar-refractivity contribution in [2.45, 2.75) is 65.5 Å². The SMILES string of the molecule is CCC(C)N1CCCCC1C(=O)Nc1c(C)csc1C. The third-order valence-corrected chi connectivity index (χ3v) is 5.44. The van der Waals surface area contributed by atoms with Crippen LogP contribution in [0.1, 0.15) is 50.0 Å². The number of carbonyl (C=O) groups is 1. The highest BCUT2D eigenvalue weighted by atomic mass is 32.1. The van der Waals surface area contributed by atoms with Gasteiger partial charge in [-0.2, -0.15) is 0 Å². The number of nitrogens with zero attached hydrogens (tertiary/aromatic N) is 1. The number of hydrogen-bond acceptors (Lipinski definition) is 3. The summed E-state index contributed by atoms with van der Waals surface area (Å²) in [6, 6.07) is 0.521. The number of aryl methyl sites for hydroxylation is 2. The molecule has 1 N–H and O–H groups in total. The standard InChI is InChI=1S/C16H26N2OS/c1-5-12(3)18-9-7-6-8-14(18)16(19)17-15-11(2)10-20-13(15)4/h10,12,14H,5-9H2,1-4H3,(H,17,19). The zero-order valence-corrected chi connectivity index (χ0v) is 13.8. The summed E-state index contributed by atoms with van der Waals surface area (Å²) in [5.41, 5.74) is 2.20. The molecule has 3 nitrogen and oxygen atoms in total. The van der Waals surface area contributed by atoms with E-state index in [1.165, 1.54) is 16.9 Å². The van der Waals surface area contributed by atoms with E-state index in [4.69, 9.17) is 0 Å². The molecule has 0 bridgehead atoms. The molecule has 2 atom stereocenters. The fourth-order valence-corrected chi connectivity index (χ4v) is 3.76. The van der Waals surface area contributed by atoms with Gasteiger partial charge in [-0.25, -0.2) is 0 Å². The van der Waals surface area contributed by atoms with Crippen molar-refractivity contribution in [2.24, 2.45) is 0 Å². The Morgan fingerprint density at radius 1 is 1.50 bits per heavy atom. The Bertz CT molecular complexity index is 450. The van der Waals surface area contributed by atoms with E-state index in [2.05, 4.69) is 43.3 Å². The lowest BCUT2D eigenvalue weighted by molar-refractivity contribution is -0.123. The Morgan fingerprint density at radius 2 is 2.25 bits per heavy atom. The van der Waals surface area contributed by atoms with Crippen LogP contribution in [0.2, 0.25) is 0 Å². The Hall–Kier alpha value is -0.870. The molecule has 0 saturated carbocycles. The van der Waals surface area contributed by atoms with Crippen molar-refractivity contribution in [3.63, 3.8) is 0 Å². The van der Waals surface area contributed by atoms with Crippen LogP contribution in [0, 0.1) is 13.8 Å². The molecule has 0 aromatic carbocycles. The van der Waals surface area contributed by atoms with E-state index >= 15 is 0 Å². The number of piperidine rings is 1. The average molecular weight is 294 g/mol. The van der Waals surface area contributed by atoms with Gasteiger partial charge in [0.05, 0.1) is 11.7 Å². The van der Waals surface area contributed by atoms with E-state index in [-0.39, 0.29) is 11.9 Å². The number of hydrogen-bond donors (Lipinski definition) is 1. The van der Waals surface area contributed by atoms with Crippen LogP contribution >= 0.6 is 11.3 Å². The summed E-state index contributed by atoms with van der Waals surface area (Å²) in [7, 11) is 0. The molecule has 2 rings (SSSR count). The van der Waals surface area contributed by atoms with Gasteiger partial charge in [-0.15, -0.1) is 11.3 Å². The first kappa shape index (κ1) is 15.5. The number of amides is 1. The second-order valence-electron chi connectivity index (χ2n) is 5.85. The summed E-state index contributed by atoms with van der Waals surface area (Å²) in [6.45, 7) is 9.61. The Balaban J connectivity index is 2.10. The number of nitrogens with one attached hydrogen (secondary N) is 1. The lowest BCUT2D eigenvalue weighted by atomic mass is 9.98. The Kier molecular flexibility index (Phi) is 5.22. The zero-order chi connectivity index (χ0) is 14.7. The fraction of sp³-hybridized carbons (Fsp3) is 0.688. The quantitative estimate of drug-likeness (QED) is 0.911. The topological polar surface area (TPSA) is 32.3 Å². The minimum Gasteiger partial charge on any atom is -0.323 e. The Morgan fingerprint density at radius 3 is 2.85 bits per heavy atom. The lowest BCUT2D eigenvalue weighted by Crippen LogP contribution is -2.50. The van der Waals surface area contributed by atoms with Crippen molar-refractivity contribution in [1.29, 1.82) is 0 Å². The largest absolute Gasteiger partial charge is 0.323 e. The Labute approximate surface area is 126 Å². The number of rotatable bonds is 4. The van der Waals surface area contributed by atoms with Gasteiger partial charge in [-0.3, -0.25) is 9.69 Å². The zero-order valence-electron chi connectivity index (χ0n) is 13.0. The van der Waals surface area contributed by atoms with Gasteiger partial charge in [0.15, 0.2) is 0 Å². The minimum atomic E-state index is 0.0393. The molecule has 20 heavy (non-hydrogen) atoms. The molecule has 1 aromatic rings. The van der Waals surface area contributed by atoms with E-state index in [0.29, 0.717) is 6.04 Å². The van der Waals surface area contributed by atoms with Gasteiger partial charge in [0.1, 0.15) is 0 Å². The van der Waals surface area contributed by atoms with Gasteiger partial charge < -0.3 is 5.32 Å². The molecule has 1 amide bonds. The average Bonchev–Trinajstić information content (AvgIpc) is 2.78. The first-order chi connectivity index (χ1) is 9.54. The highest BCUT2D eigenvalue weighted by molar-refractivity contribution is 7.10. The summed E-state index contributed by atoms with van der Waals surface area (Å²) < 4.78 is 0. The molecule has 1 aliphatic heterocycles. The van der Waals surface area contributed by atoms with Crippen LogP contribution in [-0.4, -0.2) is 29.4 Å². The second kappa shape index (κ2) is 6.72. The molecular weight excluding hydrogens is 268 g/mol. The highest BCUT2D eigenvalue weighted by Gasteiger charge is 2.31. The van der Waals surface area contributed by atoms with E-state index in [0.717, 1.165) is 31.5 Å². The molecular formula is C16H26N2OS. The molecule has 112 valence electrons. The predicted molar refractivity (Wildman–Crippen MR) is 86.5 cm³/mol. The van der Waals surface area contributed by atoms with Gasteiger partial charge in [0.2, 0.25) is 5.91 Å². The number of anilines is 1. The van der Waals surface area contributed by atoms with Crippen LogP contribution in [0.5, 0.6) is 0 Å². The van der Waals surface area contributed by atoms with Gasteiger partial charge in [0, 0.05) is 10.9 Å². The first-order valence-corrected chi connectivity index (χ1v) is 8.53. The molecule has 4 heteroatoms. The van der Waals surface area contributed by atoms with Crippen molar-refractivity contribution < 1.29 is 4.79 Å². The van der Waals surface area contributed by atoms with Gasteiger partial charge >= 0.3 is 0 Å². The first-order valence-electron chi connectivity index (χ1n) is 7.65. The van der Waals surface area contributed by atoms with Crippen molar-refractivity contribution in [3.8, 4) is 0 Å². The summed E-state index contributed by atoms with van der Waals surface area (Å²) in [4.78, 5) is 16.2.